The Hall–Kier alpha value is -2.62. The molecule has 4 heteroatoms. The third-order valence-electron chi connectivity index (χ3n) is 3.43. The quantitative estimate of drug-likeness (QED) is 0.725. The normalized spacial score (nSPS) is 14.8. The van der Waals surface area contributed by atoms with E-state index < -0.39 is 0 Å². The van der Waals surface area contributed by atoms with E-state index in [0.29, 0.717) is 13.2 Å². The number of nitrogens with zero attached hydrogens (tertiary/aromatic N) is 2. The lowest BCUT2D eigenvalue weighted by molar-refractivity contribution is 0.218. The van der Waals surface area contributed by atoms with Crippen LogP contribution >= 0.6 is 0 Å². The summed E-state index contributed by atoms with van der Waals surface area (Å²) in [5.74, 6) is 1.51. The highest BCUT2D eigenvalue weighted by molar-refractivity contribution is 6.41. The summed E-state index contributed by atoms with van der Waals surface area (Å²) >= 11 is 0. The Balaban J connectivity index is 2.06. The molecule has 0 radical (unpaired) electrons. The van der Waals surface area contributed by atoms with Gasteiger partial charge in [0, 0.05) is 0 Å². The second-order valence-electron chi connectivity index (χ2n) is 5.03. The molecule has 0 saturated heterocycles. The van der Waals surface area contributed by atoms with Gasteiger partial charge in [0.1, 0.15) is 36.1 Å². The maximum absolute atomic E-state index is 5.79. The number of para-hydroxylation sites is 4. The Morgan fingerprint density at radius 1 is 0.682 bits per heavy atom. The number of fused-ring (bicyclic) bond motifs is 2. The van der Waals surface area contributed by atoms with Crippen molar-refractivity contribution in [3.63, 3.8) is 0 Å². The summed E-state index contributed by atoms with van der Waals surface area (Å²) in [5, 5.41) is 0. The average Bonchev–Trinajstić information content (AvgIpc) is 2.53. The van der Waals surface area contributed by atoms with E-state index in [1.165, 1.54) is 0 Å². The molecule has 0 aliphatic carbocycles. The molecule has 22 heavy (non-hydrogen) atoms. The van der Waals surface area contributed by atoms with E-state index in [1.807, 2.05) is 62.4 Å². The van der Waals surface area contributed by atoms with Gasteiger partial charge in [-0.25, -0.2) is 9.98 Å². The standard InChI is InChI=1S/C18H18N2O2/c1-13-14(2)20-16-8-4-6-10-18(16)22-12-11-21-17-9-5-3-7-15(17)19-13/h3-10H,11-12H2,1-2H3. The van der Waals surface area contributed by atoms with Gasteiger partial charge in [0.05, 0.1) is 11.4 Å². The van der Waals surface area contributed by atoms with Crippen LogP contribution in [0.2, 0.25) is 0 Å². The van der Waals surface area contributed by atoms with Crippen molar-refractivity contribution in [1.29, 1.82) is 0 Å². The second kappa shape index (κ2) is 6.43. The topological polar surface area (TPSA) is 43.2 Å². The van der Waals surface area contributed by atoms with Crippen LogP contribution in [0, 0.1) is 0 Å². The Bertz CT molecular complexity index is 672. The zero-order valence-electron chi connectivity index (χ0n) is 12.7. The van der Waals surface area contributed by atoms with Crippen molar-refractivity contribution in [3.8, 4) is 11.5 Å². The first-order valence-electron chi connectivity index (χ1n) is 7.28. The molecule has 0 saturated carbocycles. The van der Waals surface area contributed by atoms with Crippen LogP contribution in [-0.4, -0.2) is 24.6 Å². The largest absolute Gasteiger partial charge is 0.488 e. The van der Waals surface area contributed by atoms with Crippen LogP contribution in [-0.2, 0) is 0 Å². The number of benzene rings is 2. The number of aliphatic imine (C=N–C) groups is 2. The second-order valence-corrected chi connectivity index (χ2v) is 5.03. The minimum absolute atomic E-state index is 0.461. The van der Waals surface area contributed by atoms with Crippen LogP contribution in [0.25, 0.3) is 0 Å². The molecule has 1 aliphatic heterocycles. The zero-order chi connectivity index (χ0) is 15.4. The fourth-order valence-electron chi connectivity index (χ4n) is 2.17. The maximum atomic E-state index is 5.79. The summed E-state index contributed by atoms with van der Waals surface area (Å²) in [4.78, 5) is 9.29. The highest BCUT2D eigenvalue weighted by atomic mass is 16.5. The van der Waals surface area contributed by atoms with E-state index in [1.54, 1.807) is 0 Å². The lowest BCUT2D eigenvalue weighted by Crippen LogP contribution is -2.11. The number of hydrogen-bond acceptors (Lipinski definition) is 4. The van der Waals surface area contributed by atoms with Crippen molar-refractivity contribution < 1.29 is 9.47 Å². The van der Waals surface area contributed by atoms with Gasteiger partial charge in [-0.05, 0) is 38.1 Å². The smallest absolute Gasteiger partial charge is 0.145 e. The number of ether oxygens (including phenoxy) is 2. The Morgan fingerprint density at radius 2 is 1.09 bits per heavy atom. The van der Waals surface area contributed by atoms with E-state index in [2.05, 4.69) is 9.98 Å². The molecule has 0 aromatic heterocycles. The molecule has 3 rings (SSSR count). The van der Waals surface area contributed by atoms with Crippen LogP contribution in [0.3, 0.4) is 0 Å². The van der Waals surface area contributed by atoms with Crippen molar-refractivity contribution in [2.45, 2.75) is 13.8 Å². The van der Waals surface area contributed by atoms with Crippen molar-refractivity contribution in [2.24, 2.45) is 9.98 Å². The molecular formula is C18H18N2O2. The van der Waals surface area contributed by atoms with E-state index in [0.717, 1.165) is 34.3 Å². The molecule has 4 nitrogen and oxygen atoms in total. The fraction of sp³-hybridized carbons (Fsp3) is 0.222. The molecule has 0 atom stereocenters. The molecular weight excluding hydrogens is 276 g/mol. The molecule has 1 heterocycles. The predicted molar refractivity (Wildman–Crippen MR) is 89.4 cm³/mol. The molecule has 0 fully saturated rings. The first-order valence-corrected chi connectivity index (χ1v) is 7.28. The molecule has 2 aromatic carbocycles. The van der Waals surface area contributed by atoms with Crippen LogP contribution < -0.4 is 9.47 Å². The van der Waals surface area contributed by atoms with Gasteiger partial charge >= 0.3 is 0 Å². The van der Waals surface area contributed by atoms with Crippen molar-refractivity contribution in [1.82, 2.24) is 0 Å². The highest BCUT2D eigenvalue weighted by Gasteiger charge is 2.08. The van der Waals surface area contributed by atoms with Gasteiger partial charge < -0.3 is 9.47 Å². The summed E-state index contributed by atoms with van der Waals surface area (Å²) in [6, 6.07) is 15.5. The van der Waals surface area contributed by atoms with Gasteiger partial charge in [0.2, 0.25) is 0 Å². The molecule has 112 valence electrons. The SMILES string of the molecule is CC1=Nc2ccccc2OCCOc2ccccc2N=C1C. The molecule has 0 unspecified atom stereocenters. The van der Waals surface area contributed by atoms with Crippen molar-refractivity contribution in [3.05, 3.63) is 48.5 Å². The van der Waals surface area contributed by atoms with Gasteiger partial charge in [-0.2, -0.15) is 0 Å². The molecule has 0 bridgehead atoms. The number of hydrogen-bond donors (Lipinski definition) is 0. The number of rotatable bonds is 0. The van der Waals surface area contributed by atoms with E-state index >= 15 is 0 Å². The van der Waals surface area contributed by atoms with Crippen LogP contribution in [0.15, 0.2) is 58.5 Å². The van der Waals surface area contributed by atoms with Crippen molar-refractivity contribution >= 4 is 22.8 Å². The van der Waals surface area contributed by atoms with Crippen LogP contribution in [0.5, 0.6) is 11.5 Å². The third kappa shape index (κ3) is 3.17. The Labute approximate surface area is 130 Å². The van der Waals surface area contributed by atoms with Gasteiger partial charge in [0.15, 0.2) is 0 Å². The summed E-state index contributed by atoms with van der Waals surface area (Å²) < 4.78 is 11.6. The highest BCUT2D eigenvalue weighted by Crippen LogP contribution is 2.30. The Morgan fingerprint density at radius 3 is 1.55 bits per heavy atom. The van der Waals surface area contributed by atoms with Gasteiger partial charge in [0.25, 0.3) is 0 Å². The first kappa shape index (κ1) is 14.3. The minimum atomic E-state index is 0.461. The monoisotopic (exact) mass is 294 g/mol. The lowest BCUT2D eigenvalue weighted by atomic mass is 10.2. The van der Waals surface area contributed by atoms with Crippen LogP contribution in [0.4, 0.5) is 11.4 Å². The zero-order valence-corrected chi connectivity index (χ0v) is 12.7. The predicted octanol–water partition coefficient (Wildman–Crippen LogP) is 4.34. The molecule has 0 N–H and O–H groups in total. The summed E-state index contributed by atoms with van der Waals surface area (Å²) in [5.41, 5.74) is 3.32. The fourth-order valence-corrected chi connectivity index (χ4v) is 2.17. The average molecular weight is 294 g/mol. The molecule has 0 amide bonds. The summed E-state index contributed by atoms with van der Waals surface area (Å²) in [7, 11) is 0. The summed E-state index contributed by atoms with van der Waals surface area (Å²) in [6.07, 6.45) is 0. The first-order chi connectivity index (χ1) is 10.7. The third-order valence-corrected chi connectivity index (χ3v) is 3.43. The van der Waals surface area contributed by atoms with Crippen molar-refractivity contribution in [2.75, 3.05) is 13.2 Å². The van der Waals surface area contributed by atoms with Gasteiger partial charge in [-0.15, -0.1) is 0 Å². The van der Waals surface area contributed by atoms with E-state index in [9.17, 15) is 0 Å². The van der Waals surface area contributed by atoms with Gasteiger partial charge in [-0.1, -0.05) is 24.3 Å². The Kier molecular flexibility index (Phi) is 4.19. The minimum Gasteiger partial charge on any atom is -0.488 e. The van der Waals surface area contributed by atoms with Crippen LogP contribution in [0.1, 0.15) is 13.8 Å². The van der Waals surface area contributed by atoms with E-state index in [-0.39, 0.29) is 0 Å². The molecule has 2 aromatic rings. The maximum Gasteiger partial charge on any atom is 0.145 e. The van der Waals surface area contributed by atoms with E-state index in [4.69, 9.17) is 9.47 Å². The molecule has 0 spiro atoms. The van der Waals surface area contributed by atoms with Gasteiger partial charge in [-0.3, -0.25) is 0 Å². The molecule has 1 aliphatic rings. The summed E-state index contributed by atoms with van der Waals surface area (Å²) in [6.45, 7) is 4.82. The lowest BCUT2D eigenvalue weighted by Gasteiger charge is -2.13.